The van der Waals surface area contributed by atoms with Crippen LogP contribution < -0.4 is 14.2 Å². The highest BCUT2D eigenvalue weighted by atomic mass is 16.5. The molecule has 3 rings (SSSR count). The Morgan fingerprint density at radius 1 is 0.793 bits per heavy atom. The Morgan fingerprint density at radius 2 is 1.41 bits per heavy atom. The van der Waals surface area contributed by atoms with Crippen LogP contribution in [0.25, 0.3) is 10.8 Å². The number of benzene rings is 3. The van der Waals surface area contributed by atoms with Gasteiger partial charge in [0.2, 0.25) is 0 Å². The standard InChI is InChI=1S/C25H28O4/c1-3-5-16-27-23-18-22(25(26)29-19-12-8-7-9-13-19)24(28-17-6-4-2)21-15-11-10-14-20(21)23/h7-15,18H,3-6,16-17H2,1-2H3. The lowest BCUT2D eigenvalue weighted by molar-refractivity contribution is 0.0730. The first kappa shape index (κ1) is 20.7. The Kier molecular flexibility index (Phi) is 7.51. The number of fused-ring (bicyclic) bond motifs is 1. The van der Waals surface area contributed by atoms with Crippen molar-refractivity contribution in [3.05, 3.63) is 66.2 Å². The van der Waals surface area contributed by atoms with Gasteiger partial charge >= 0.3 is 5.97 Å². The number of hydrogen-bond donors (Lipinski definition) is 0. The van der Waals surface area contributed by atoms with E-state index in [-0.39, 0.29) is 0 Å². The summed E-state index contributed by atoms with van der Waals surface area (Å²) in [6.07, 6.45) is 3.92. The zero-order chi connectivity index (χ0) is 20.5. The van der Waals surface area contributed by atoms with Crippen LogP contribution in [-0.4, -0.2) is 19.2 Å². The van der Waals surface area contributed by atoms with E-state index in [9.17, 15) is 4.79 Å². The normalized spacial score (nSPS) is 10.7. The van der Waals surface area contributed by atoms with Crippen LogP contribution >= 0.6 is 0 Å². The molecule has 0 aliphatic rings. The summed E-state index contributed by atoms with van der Waals surface area (Å²) in [6, 6.07) is 18.7. The Bertz CT molecular complexity index is 934. The summed E-state index contributed by atoms with van der Waals surface area (Å²) in [7, 11) is 0. The molecule has 0 aromatic heterocycles. The lowest BCUT2D eigenvalue weighted by atomic mass is 10.0. The van der Waals surface area contributed by atoms with Gasteiger partial charge in [-0.25, -0.2) is 4.79 Å². The van der Waals surface area contributed by atoms with Crippen LogP contribution in [0.5, 0.6) is 17.2 Å². The van der Waals surface area contributed by atoms with Crippen molar-refractivity contribution in [2.75, 3.05) is 13.2 Å². The number of hydrogen-bond acceptors (Lipinski definition) is 4. The third-order valence-electron chi connectivity index (χ3n) is 4.63. The van der Waals surface area contributed by atoms with Crippen LogP contribution in [0.2, 0.25) is 0 Å². The number of carbonyl (C=O) groups is 1. The van der Waals surface area contributed by atoms with E-state index < -0.39 is 5.97 Å². The van der Waals surface area contributed by atoms with Crippen molar-refractivity contribution in [3.63, 3.8) is 0 Å². The number of ether oxygens (including phenoxy) is 3. The summed E-state index contributed by atoms with van der Waals surface area (Å²) in [5.74, 6) is 1.28. The molecule has 3 aromatic carbocycles. The number of esters is 1. The molecule has 152 valence electrons. The molecule has 0 radical (unpaired) electrons. The van der Waals surface area contributed by atoms with E-state index in [0.717, 1.165) is 36.5 Å². The molecule has 0 unspecified atom stereocenters. The highest BCUT2D eigenvalue weighted by Gasteiger charge is 2.21. The van der Waals surface area contributed by atoms with Crippen LogP contribution in [0, 0.1) is 0 Å². The first-order valence-electron chi connectivity index (χ1n) is 10.3. The Balaban J connectivity index is 2.03. The monoisotopic (exact) mass is 392 g/mol. The third-order valence-corrected chi connectivity index (χ3v) is 4.63. The average Bonchev–Trinajstić information content (AvgIpc) is 2.75. The predicted octanol–water partition coefficient (Wildman–Crippen LogP) is 6.42. The molecule has 29 heavy (non-hydrogen) atoms. The smallest absolute Gasteiger partial charge is 0.347 e. The van der Waals surface area contributed by atoms with E-state index in [1.165, 1.54) is 0 Å². The Labute approximate surface area is 172 Å². The minimum atomic E-state index is -0.450. The van der Waals surface area contributed by atoms with E-state index in [0.29, 0.717) is 36.0 Å². The molecule has 0 bridgehead atoms. The van der Waals surface area contributed by atoms with Gasteiger partial charge in [0.15, 0.2) is 0 Å². The van der Waals surface area contributed by atoms with Crippen molar-refractivity contribution in [2.24, 2.45) is 0 Å². The Hall–Kier alpha value is -3.01. The average molecular weight is 392 g/mol. The fourth-order valence-electron chi connectivity index (χ4n) is 3.04. The van der Waals surface area contributed by atoms with Gasteiger partial charge in [-0.3, -0.25) is 0 Å². The van der Waals surface area contributed by atoms with Gasteiger partial charge in [-0.1, -0.05) is 69.2 Å². The van der Waals surface area contributed by atoms with E-state index in [2.05, 4.69) is 13.8 Å². The zero-order valence-corrected chi connectivity index (χ0v) is 17.1. The first-order valence-corrected chi connectivity index (χ1v) is 10.3. The predicted molar refractivity (Wildman–Crippen MR) is 116 cm³/mol. The van der Waals surface area contributed by atoms with Crippen LogP contribution in [0.1, 0.15) is 49.9 Å². The number of carbonyl (C=O) groups excluding carboxylic acids is 1. The molecule has 4 nitrogen and oxygen atoms in total. The first-order chi connectivity index (χ1) is 14.2. The van der Waals surface area contributed by atoms with Crippen LogP contribution in [0.4, 0.5) is 0 Å². The molecule has 0 fully saturated rings. The van der Waals surface area contributed by atoms with Gasteiger partial charge in [0.1, 0.15) is 22.8 Å². The largest absolute Gasteiger partial charge is 0.493 e. The summed E-state index contributed by atoms with van der Waals surface area (Å²) >= 11 is 0. The van der Waals surface area contributed by atoms with Crippen LogP contribution in [0.15, 0.2) is 60.7 Å². The van der Waals surface area contributed by atoms with Crippen LogP contribution in [-0.2, 0) is 0 Å². The fraction of sp³-hybridized carbons (Fsp3) is 0.320. The summed E-state index contributed by atoms with van der Waals surface area (Å²) in [5.41, 5.74) is 0.384. The van der Waals surface area contributed by atoms with E-state index in [1.54, 1.807) is 18.2 Å². The molecule has 0 N–H and O–H groups in total. The second-order valence-corrected chi connectivity index (χ2v) is 6.90. The molecule has 0 atom stereocenters. The van der Waals surface area contributed by atoms with Gasteiger partial charge < -0.3 is 14.2 Å². The quantitative estimate of drug-likeness (QED) is 0.227. The molecule has 0 heterocycles. The fourth-order valence-corrected chi connectivity index (χ4v) is 3.04. The maximum atomic E-state index is 13.0. The molecule has 0 saturated heterocycles. The molecule has 0 saturated carbocycles. The number of unbranched alkanes of at least 4 members (excludes halogenated alkanes) is 2. The summed E-state index contributed by atoms with van der Waals surface area (Å²) in [4.78, 5) is 13.0. The molecule has 0 aliphatic heterocycles. The Morgan fingerprint density at radius 3 is 2.10 bits per heavy atom. The van der Waals surface area contributed by atoms with Gasteiger partial charge in [0.25, 0.3) is 0 Å². The molecule has 0 aliphatic carbocycles. The number of rotatable bonds is 10. The minimum Gasteiger partial charge on any atom is -0.493 e. The van der Waals surface area contributed by atoms with Crippen molar-refractivity contribution in [2.45, 2.75) is 39.5 Å². The maximum Gasteiger partial charge on any atom is 0.347 e. The lowest BCUT2D eigenvalue weighted by Crippen LogP contribution is -2.12. The highest BCUT2D eigenvalue weighted by molar-refractivity contribution is 6.04. The highest BCUT2D eigenvalue weighted by Crippen LogP contribution is 2.37. The summed E-state index contributed by atoms with van der Waals surface area (Å²) in [6.45, 7) is 5.37. The molecular formula is C25H28O4. The van der Waals surface area contributed by atoms with Crippen molar-refractivity contribution in [1.82, 2.24) is 0 Å². The SMILES string of the molecule is CCCCOc1cc(C(=O)Oc2ccccc2)c(OCCCC)c2ccccc12. The van der Waals surface area contributed by atoms with Crippen molar-refractivity contribution < 1.29 is 19.0 Å². The van der Waals surface area contributed by atoms with E-state index >= 15 is 0 Å². The third kappa shape index (κ3) is 5.29. The van der Waals surface area contributed by atoms with Gasteiger partial charge in [-0.15, -0.1) is 0 Å². The summed E-state index contributed by atoms with van der Waals surface area (Å²) in [5, 5.41) is 1.80. The topological polar surface area (TPSA) is 44.8 Å². The zero-order valence-electron chi connectivity index (χ0n) is 17.1. The van der Waals surface area contributed by atoms with Crippen LogP contribution in [0.3, 0.4) is 0 Å². The van der Waals surface area contributed by atoms with Crippen molar-refractivity contribution in [3.8, 4) is 17.2 Å². The molecule has 0 spiro atoms. The van der Waals surface area contributed by atoms with E-state index in [1.807, 2.05) is 42.5 Å². The second kappa shape index (κ2) is 10.5. The molecule has 3 aromatic rings. The number of para-hydroxylation sites is 1. The summed E-state index contributed by atoms with van der Waals surface area (Å²) < 4.78 is 17.7. The van der Waals surface area contributed by atoms with Crippen molar-refractivity contribution in [1.29, 1.82) is 0 Å². The molecule has 0 amide bonds. The molecule has 4 heteroatoms. The second-order valence-electron chi connectivity index (χ2n) is 6.90. The van der Waals surface area contributed by atoms with Gasteiger partial charge in [-0.05, 0) is 31.0 Å². The molecular weight excluding hydrogens is 364 g/mol. The lowest BCUT2D eigenvalue weighted by Gasteiger charge is -2.17. The minimum absolute atomic E-state index is 0.384. The van der Waals surface area contributed by atoms with Gasteiger partial charge in [0, 0.05) is 10.8 Å². The van der Waals surface area contributed by atoms with E-state index in [4.69, 9.17) is 14.2 Å². The van der Waals surface area contributed by atoms with Gasteiger partial charge in [-0.2, -0.15) is 0 Å². The van der Waals surface area contributed by atoms with Crippen molar-refractivity contribution >= 4 is 16.7 Å². The van der Waals surface area contributed by atoms with Gasteiger partial charge in [0.05, 0.1) is 13.2 Å². The maximum absolute atomic E-state index is 13.0.